The number of para-hydroxylation sites is 1. The molecule has 0 aliphatic heterocycles. The predicted octanol–water partition coefficient (Wildman–Crippen LogP) is 3.00. The number of likely N-dealkylation sites (N-methyl/N-ethyl adjacent to an activating group) is 1. The molecule has 2 unspecified atom stereocenters. The second kappa shape index (κ2) is 15.2. The normalized spacial score (nSPS) is 12.7. The monoisotopic (exact) mass is 525 g/mol. The Morgan fingerprint density at radius 2 is 1.81 bits per heavy atom. The van der Waals surface area contributed by atoms with Gasteiger partial charge in [0.05, 0.1) is 13.0 Å². The average molecular weight is 526 g/mol. The maximum Gasteiger partial charge on any atom is 0.408 e. The van der Waals surface area contributed by atoms with Crippen LogP contribution in [0.3, 0.4) is 0 Å². The molecular weight excluding hydrogens is 486 g/mol. The maximum atomic E-state index is 13.7. The first kappa shape index (κ1) is 31.1. The molecule has 0 saturated heterocycles. The average Bonchev–Trinajstić information content (AvgIpc) is 2.79. The number of aromatic hydroxyl groups is 1. The van der Waals surface area contributed by atoms with Crippen LogP contribution in [-0.2, 0) is 23.9 Å². The molecule has 0 saturated carbocycles. The van der Waals surface area contributed by atoms with Crippen LogP contribution in [0.4, 0.5) is 4.79 Å². The fourth-order valence-electron chi connectivity index (χ4n) is 3.40. The SMILES string of the molecule is CCOC(=O)CCNC(=O)C(c1ccccc1O)N(CC)C(=O)C(CCSC)NC(=O)OC(C)(C)C. The number of nitrogens with zero attached hydrogens (tertiary/aromatic N) is 1. The molecule has 10 nitrogen and oxygen atoms in total. The van der Waals surface area contributed by atoms with Crippen molar-refractivity contribution in [3.63, 3.8) is 0 Å². The van der Waals surface area contributed by atoms with Crippen molar-refractivity contribution >= 4 is 35.6 Å². The van der Waals surface area contributed by atoms with Crippen LogP contribution >= 0.6 is 11.8 Å². The zero-order chi connectivity index (χ0) is 27.3. The lowest BCUT2D eigenvalue weighted by molar-refractivity contribution is -0.144. The minimum Gasteiger partial charge on any atom is -0.508 e. The van der Waals surface area contributed by atoms with E-state index in [1.165, 1.54) is 22.7 Å². The van der Waals surface area contributed by atoms with Crippen LogP contribution < -0.4 is 10.6 Å². The highest BCUT2D eigenvalue weighted by Gasteiger charge is 2.36. The molecule has 36 heavy (non-hydrogen) atoms. The van der Waals surface area contributed by atoms with Crippen LogP contribution in [0.5, 0.6) is 5.75 Å². The lowest BCUT2D eigenvalue weighted by atomic mass is 10.0. The third-order valence-corrected chi connectivity index (χ3v) is 5.59. The number of hydrogen-bond donors (Lipinski definition) is 3. The fourth-order valence-corrected chi connectivity index (χ4v) is 3.87. The summed E-state index contributed by atoms with van der Waals surface area (Å²) in [6.07, 6.45) is 1.42. The Morgan fingerprint density at radius 3 is 2.36 bits per heavy atom. The van der Waals surface area contributed by atoms with Crippen molar-refractivity contribution < 1.29 is 33.8 Å². The lowest BCUT2D eigenvalue weighted by Gasteiger charge is -2.34. The van der Waals surface area contributed by atoms with Crippen molar-refractivity contribution in [1.82, 2.24) is 15.5 Å². The highest BCUT2D eigenvalue weighted by Crippen LogP contribution is 2.29. The number of alkyl carbamates (subject to hydrolysis) is 1. The van der Waals surface area contributed by atoms with Crippen molar-refractivity contribution in [1.29, 1.82) is 0 Å². The summed E-state index contributed by atoms with van der Waals surface area (Å²) in [4.78, 5) is 52.4. The van der Waals surface area contributed by atoms with Gasteiger partial charge >= 0.3 is 12.1 Å². The number of rotatable bonds is 13. The van der Waals surface area contributed by atoms with E-state index < -0.39 is 41.6 Å². The summed E-state index contributed by atoms with van der Waals surface area (Å²) in [6.45, 7) is 8.90. The first-order valence-electron chi connectivity index (χ1n) is 11.9. The van der Waals surface area contributed by atoms with Crippen LogP contribution in [0.25, 0.3) is 0 Å². The molecule has 0 aromatic heterocycles. The van der Waals surface area contributed by atoms with Crippen LogP contribution in [0.1, 0.15) is 59.1 Å². The predicted molar refractivity (Wildman–Crippen MR) is 139 cm³/mol. The molecule has 202 valence electrons. The van der Waals surface area contributed by atoms with Gasteiger partial charge in [-0.2, -0.15) is 11.8 Å². The molecule has 0 fully saturated rings. The van der Waals surface area contributed by atoms with Gasteiger partial charge in [-0.3, -0.25) is 14.4 Å². The van der Waals surface area contributed by atoms with E-state index >= 15 is 0 Å². The Kier molecular flexibility index (Phi) is 13.1. The zero-order valence-corrected chi connectivity index (χ0v) is 22.8. The number of benzene rings is 1. The summed E-state index contributed by atoms with van der Waals surface area (Å²) < 4.78 is 10.2. The van der Waals surface area contributed by atoms with Gasteiger partial charge in [-0.25, -0.2) is 4.79 Å². The molecule has 1 rings (SSSR count). The van der Waals surface area contributed by atoms with Gasteiger partial charge in [0, 0.05) is 18.7 Å². The number of thioether (sulfide) groups is 1. The van der Waals surface area contributed by atoms with Gasteiger partial charge in [0.2, 0.25) is 11.8 Å². The van der Waals surface area contributed by atoms with Gasteiger partial charge in [-0.05, 0) is 59.1 Å². The number of carbonyl (C=O) groups is 4. The third kappa shape index (κ3) is 10.3. The van der Waals surface area contributed by atoms with E-state index in [0.717, 1.165) is 0 Å². The van der Waals surface area contributed by atoms with Crippen molar-refractivity contribution in [3.8, 4) is 5.75 Å². The molecule has 0 spiro atoms. The molecule has 1 aromatic rings. The van der Waals surface area contributed by atoms with Crippen LogP contribution in [-0.4, -0.2) is 77.2 Å². The van der Waals surface area contributed by atoms with Gasteiger partial charge in [-0.15, -0.1) is 0 Å². The van der Waals surface area contributed by atoms with E-state index in [1.807, 2.05) is 6.26 Å². The van der Waals surface area contributed by atoms with E-state index in [4.69, 9.17) is 9.47 Å². The Morgan fingerprint density at radius 1 is 1.14 bits per heavy atom. The molecular formula is C25H39N3O7S. The van der Waals surface area contributed by atoms with Crippen LogP contribution in [0, 0.1) is 0 Å². The number of carbonyl (C=O) groups excluding carboxylic acids is 4. The lowest BCUT2D eigenvalue weighted by Crippen LogP contribution is -2.53. The highest BCUT2D eigenvalue weighted by atomic mass is 32.2. The molecule has 0 aliphatic rings. The van der Waals surface area contributed by atoms with Crippen LogP contribution in [0.15, 0.2) is 24.3 Å². The molecule has 0 radical (unpaired) electrons. The standard InChI is InChI=1S/C25H39N3O7S/c1-7-28(23(32)18(14-16-36-6)27-24(33)35-25(3,4)5)21(17-11-9-10-12-19(17)29)22(31)26-15-13-20(30)34-8-2/h9-12,18,21,29H,7-8,13-16H2,1-6H3,(H,26,31)(H,27,33). The topological polar surface area (TPSA) is 134 Å². The van der Waals surface area contributed by atoms with Gasteiger partial charge in [0.1, 0.15) is 23.4 Å². The number of hydrogen-bond acceptors (Lipinski definition) is 8. The van der Waals surface area contributed by atoms with E-state index in [2.05, 4.69) is 10.6 Å². The van der Waals surface area contributed by atoms with Crippen molar-refractivity contribution in [3.05, 3.63) is 29.8 Å². The van der Waals surface area contributed by atoms with Gasteiger partial charge in [-0.1, -0.05) is 18.2 Å². The fraction of sp³-hybridized carbons (Fsp3) is 0.600. The number of esters is 1. The largest absolute Gasteiger partial charge is 0.508 e. The summed E-state index contributed by atoms with van der Waals surface area (Å²) in [5, 5.41) is 15.8. The molecule has 0 bridgehead atoms. The molecule has 3 N–H and O–H groups in total. The van der Waals surface area contributed by atoms with Crippen molar-refractivity contribution in [2.75, 3.05) is 31.7 Å². The second-order valence-electron chi connectivity index (χ2n) is 8.91. The quantitative estimate of drug-likeness (QED) is 0.335. The van der Waals surface area contributed by atoms with Crippen molar-refractivity contribution in [2.45, 2.75) is 65.1 Å². The van der Waals surface area contributed by atoms with Crippen molar-refractivity contribution in [2.24, 2.45) is 0 Å². The number of amides is 3. The number of phenols is 1. The number of nitrogens with one attached hydrogen (secondary N) is 2. The van der Waals surface area contributed by atoms with E-state index in [-0.39, 0.29) is 37.4 Å². The minimum absolute atomic E-state index is 0.000428. The van der Waals surface area contributed by atoms with E-state index in [1.54, 1.807) is 52.8 Å². The molecule has 3 amide bonds. The van der Waals surface area contributed by atoms with Crippen LogP contribution in [0.2, 0.25) is 0 Å². The Labute approximate surface area is 217 Å². The van der Waals surface area contributed by atoms with Gasteiger partial charge in [0.15, 0.2) is 0 Å². The molecule has 1 aromatic carbocycles. The van der Waals surface area contributed by atoms with E-state index in [9.17, 15) is 24.3 Å². The first-order valence-corrected chi connectivity index (χ1v) is 13.3. The second-order valence-corrected chi connectivity index (χ2v) is 9.90. The van der Waals surface area contributed by atoms with Gasteiger partial charge in [0.25, 0.3) is 0 Å². The maximum absolute atomic E-state index is 13.7. The molecule has 0 heterocycles. The van der Waals surface area contributed by atoms with E-state index in [0.29, 0.717) is 12.2 Å². The Bertz CT molecular complexity index is 889. The summed E-state index contributed by atoms with van der Waals surface area (Å²) in [7, 11) is 0. The first-order chi connectivity index (χ1) is 16.9. The summed E-state index contributed by atoms with van der Waals surface area (Å²) in [6, 6.07) is 4.10. The van der Waals surface area contributed by atoms with Gasteiger partial charge < -0.3 is 30.1 Å². The smallest absolute Gasteiger partial charge is 0.408 e. The molecule has 0 aliphatic carbocycles. The molecule has 11 heteroatoms. The third-order valence-electron chi connectivity index (χ3n) is 4.95. The number of phenolic OH excluding ortho intramolecular Hbond substituents is 1. The summed E-state index contributed by atoms with van der Waals surface area (Å²) in [5.74, 6) is -1.10. The molecule has 2 atom stereocenters. The minimum atomic E-state index is -1.19. The Hall–Kier alpha value is -2.95. The number of ether oxygens (including phenoxy) is 2. The summed E-state index contributed by atoms with van der Waals surface area (Å²) in [5.41, 5.74) is -0.527. The Balaban J connectivity index is 3.25. The highest BCUT2D eigenvalue weighted by molar-refractivity contribution is 7.98. The zero-order valence-electron chi connectivity index (χ0n) is 22.0. The summed E-state index contributed by atoms with van der Waals surface area (Å²) >= 11 is 1.51.